The molecule has 1 atom stereocenters. The quantitative estimate of drug-likeness (QED) is 0.416. The van der Waals surface area contributed by atoms with Gasteiger partial charge in [0, 0.05) is 13.3 Å². The molecule has 1 unspecified atom stereocenters. The molecule has 0 aliphatic carbocycles. The fraction of sp³-hybridized carbons (Fsp3) is 0.714. The molecule has 0 aromatic carbocycles. The lowest BCUT2D eigenvalue weighted by atomic mass is 10.3. The average molecular weight is 158 g/mol. The molecule has 1 heterocycles. The van der Waals surface area contributed by atoms with Gasteiger partial charge in [-0.2, -0.15) is 0 Å². The van der Waals surface area contributed by atoms with Gasteiger partial charge in [-0.1, -0.05) is 0 Å². The SMILES string of the molecule is CC(=O)C(=O)OC1CCOC1. The summed E-state index contributed by atoms with van der Waals surface area (Å²) in [4.78, 5) is 21.1. The van der Waals surface area contributed by atoms with Gasteiger partial charge in [-0.3, -0.25) is 4.79 Å². The Morgan fingerprint density at radius 3 is 2.73 bits per heavy atom. The van der Waals surface area contributed by atoms with Gasteiger partial charge < -0.3 is 9.47 Å². The smallest absolute Gasteiger partial charge is 0.374 e. The number of ketones is 1. The van der Waals surface area contributed by atoms with Crippen LogP contribution in [0.4, 0.5) is 0 Å². The number of hydrogen-bond acceptors (Lipinski definition) is 4. The number of esters is 1. The van der Waals surface area contributed by atoms with Gasteiger partial charge in [-0.25, -0.2) is 4.79 Å². The maximum Gasteiger partial charge on any atom is 0.374 e. The van der Waals surface area contributed by atoms with E-state index in [4.69, 9.17) is 9.47 Å². The van der Waals surface area contributed by atoms with Gasteiger partial charge in [-0.15, -0.1) is 0 Å². The van der Waals surface area contributed by atoms with Crippen molar-refractivity contribution in [2.24, 2.45) is 0 Å². The Kier molecular flexibility index (Phi) is 2.59. The van der Waals surface area contributed by atoms with Crippen LogP contribution in [0.25, 0.3) is 0 Å². The third-order valence-electron chi connectivity index (χ3n) is 1.45. The molecule has 1 rings (SSSR count). The summed E-state index contributed by atoms with van der Waals surface area (Å²) in [5, 5.41) is 0. The maximum absolute atomic E-state index is 10.7. The molecule has 0 amide bonds. The molecule has 0 spiro atoms. The van der Waals surface area contributed by atoms with Gasteiger partial charge >= 0.3 is 5.97 Å². The molecule has 62 valence electrons. The van der Waals surface area contributed by atoms with Crippen molar-refractivity contribution in [2.45, 2.75) is 19.4 Å². The number of Topliss-reactive ketones (excluding diaryl/α,β-unsaturated/α-hetero) is 1. The summed E-state index contributed by atoms with van der Waals surface area (Å²) in [5.74, 6) is -1.32. The zero-order chi connectivity index (χ0) is 8.27. The Morgan fingerprint density at radius 2 is 2.27 bits per heavy atom. The standard InChI is InChI=1S/C7H10O4/c1-5(8)7(9)11-6-2-3-10-4-6/h6H,2-4H2,1H3. The second-order valence-corrected chi connectivity index (χ2v) is 2.45. The van der Waals surface area contributed by atoms with Crippen LogP contribution in [0.3, 0.4) is 0 Å². The Balaban J connectivity index is 2.29. The number of hydrogen-bond donors (Lipinski definition) is 0. The highest BCUT2D eigenvalue weighted by molar-refractivity contribution is 6.32. The van der Waals surface area contributed by atoms with Gasteiger partial charge in [-0.05, 0) is 0 Å². The van der Waals surface area contributed by atoms with Crippen LogP contribution in [0.2, 0.25) is 0 Å². The van der Waals surface area contributed by atoms with E-state index in [9.17, 15) is 9.59 Å². The van der Waals surface area contributed by atoms with E-state index in [1.165, 1.54) is 6.92 Å². The first-order valence-electron chi connectivity index (χ1n) is 3.49. The number of ether oxygens (including phenoxy) is 2. The summed E-state index contributed by atoms with van der Waals surface area (Å²) in [6.07, 6.45) is 0.477. The van der Waals surface area contributed by atoms with Gasteiger partial charge in [0.1, 0.15) is 6.10 Å². The molecule has 1 aliphatic rings. The van der Waals surface area contributed by atoms with Crippen LogP contribution < -0.4 is 0 Å². The van der Waals surface area contributed by atoms with Crippen LogP contribution in [-0.4, -0.2) is 31.1 Å². The largest absolute Gasteiger partial charge is 0.454 e. The van der Waals surface area contributed by atoms with E-state index in [2.05, 4.69) is 0 Å². The first-order chi connectivity index (χ1) is 5.20. The maximum atomic E-state index is 10.7. The van der Waals surface area contributed by atoms with Crippen molar-refractivity contribution in [1.82, 2.24) is 0 Å². The second kappa shape index (κ2) is 3.48. The predicted molar refractivity (Wildman–Crippen MR) is 36.0 cm³/mol. The summed E-state index contributed by atoms with van der Waals surface area (Å²) >= 11 is 0. The molecule has 4 heteroatoms. The van der Waals surface area contributed by atoms with E-state index in [0.717, 1.165) is 0 Å². The summed E-state index contributed by atoms with van der Waals surface area (Å²) in [5.41, 5.74) is 0. The van der Waals surface area contributed by atoms with Crippen LogP contribution in [0, 0.1) is 0 Å². The van der Waals surface area contributed by atoms with E-state index in [-0.39, 0.29) is 6.10 Å². The fourth-order valence-corrected chi connectivity index (χ4v) is 0.840. The fourth-order valence-electron chi connectivity index (χ4n) is 0.840. The first-order valence-corrected chi connectivity index (χ1v) is 3.49. The molecule has 0 radical (unpaired) electrons. The van der Waals surface area contributed by atoms with Crippen LogP contribution in [0.5, 0.6) is 0 Å². The second-order valence-electron chi connectivity index (χ2n) is 2.45. The molecule has 0 N–H and O–H groups in total. The van der Waals surface area contributed by atoms with Gasteiger partial charge in [0.15, 0.2) is 0 Å². The normalized spacial score (nSPS) is 23.2. The van der Waals surface area contributed by atoms with E-state index in [1.807, 2.05) is 0 Å². The molecule has 11 heavy (non-hydrogen) atoms. The van der Waals surface area contributed by atoms with Gasteiger partial charge in [0.25, 0.3) is 0 Å². The summed E-state index contributed by atoms with van der Waals surface area (Å²) < 4.78 is 9.71. The molecule has 1 saturated heterocycles. The molecule has 0 aromatic rings. The number of carbonyl (C=O) groups is 2. The minimum atomic E-state index is -0.763. The zero-order valence-corrected chi connectivity index (χ0v) is 6.33. The molecule has 4 nitrogen and oxygen atoms in total. The molecule has 1 aliphatic heterocycles. The van der Waals surface area contributed by atoms with Crippen LogP contribution >= 0.6 is 0 Å². The van der Waals surface area contributed by atoms with Crippen molar-refractivity contribution in [3.05, 3.63) is 0 Å². The average Bonchev–Trinajstić information content (AvgIpc) is 2.39. The van der Waals surface area contributed by atoms with Crippen molar-refractivity contribution in [3.63, 3.8) is 0 Å². The van der Waals surface area contributed by atoms with Crippen molar-refractivity contribution < 1.29 is 19.1 Å². The predicted octanol–water partition coefficient (Wildman–Crippen LogP) is -0.0925. The molecular formula is C7H10O4. The third kappa shape index (κ3) is 2.31. The van der Waals surface area contributed by atoms with E-state index in [1.54, 1.807) is 0 Å². The Morgan fingerprint density at radius 1 is 1.55 bits per heavy atom. The number of carbonyl (C=O) groups excluding carboxylic acids is 2. The third-order valence-corrected chi connectivity index (χ3v) is 1.45. The lowest BCUT2D eigenvalue weighted by Gasteiger charge is -2.06. The lowest BCUT2D eigenvalue weighted by molar-refractivity contribution is -0.157. The Bertz CT molecular complexity index is 169. The summed E-state index contributed by atoms with van der Waals surface area (Å²) in [7, 11) is 0. The lowest BCUT2D eigenvalue weighted by Crippen LogP contribution is -2.22. The molecule has 1 fully saturated rings. The van der Waals surface area contributed by atoms with Crippen molar-refractivity contribution in [3.8, 4) is 0 Å². The topological polar surface area (TPSA) is 52.6 Å². The van der Waals surface area contributed by atoms with Crippen molar-refractivity contribution >= 4 is 11.8 Å². The summed E-state index contributed by atoms with van der Waals surface area (Å²) in [6.45, 7) is 2.22. The van der Waals surface area contributed by atoms with Crippen LogP contribution in [0.15, 0.2) is 0 Å². The van der Waals surface area contributed by atoms with Crippen LogP contribution in [0.1, 0.15) is 13.3 Å². The Labute approximate surface area is 64.5 Å². The van der Waals surface area contributed by atoms with Crippen LogP contribution in [-0.2, 0) is 19.1 Å². The van der Waals surface area contributed by atoms with Crippen molar-refractivity contribution in [1.29, 1.82) is 0 Å². The van der Waals surface area contributed by atoms with E-state index < -0.39 is 11.8 Å². The minimum absolute atomic E-state index is 0.216. The van der Waals surface area contributed by atoms with Gasteiger partial charge in [0.05, 0.1) is 13.2 Å². The molecule has 0 saturated carbocycles. The zero-order valence-electron chi connectivity index (χ0n) is 6.33. The molecule has 0 aromatic heterocycles. The molecule has 0 bridgehead atoms. The minimum Gasteiger partial charge on any atom is -0.454 e. The number of rotatable bonds is 2. The summed E-state index contributed by atoms with van der Waals surface area (Å²) in [6, 6.07) is 0. The van der Waals surface area contributed by atoms with E-state index >= 15 is 0 Å². The highest BCUT2D eigenvalue weighted by Gasteiger charge is 2.21. The highest BCUT2D eigenvalue weighted by atomic mass is 16.6. The van der Waals surface area contributed by atoms with Gasteiger partial charge in [0.2, 0.25) is 5.78 Å². The monoisotopic (exact) mass is 158 g/mol. The highest BCUT2D eigenvalue weighted by Crippen LogP contribution is 2.07. The van der Waals surface area contributed by atoms with Crippen molar-refractivity contribution in [2.75, 3.05) is 13.2 Å². The van der Waals surface area contributed by atoms with E-state index in [0.29, 0.717) is 19.6 Å². The molecular weight excluding hydrogens is 148 g/mol. The Hall–Kier alpha value is -0.900. The first kappa shape index (κ1) is 8.20.